The monoisotopic (exact) mass is 256 g/mol. The van der Waals surface area contributed by atoms with Gasteiger partial charge in [0, 0.05) is 24.1 Å². The molecule has 0 aromatic carbocycles. The van der Waals surface area contributed by atoms with Crippen molar-refractivity contribution in [3.05, 3.63) is 24.3 Å². The summed E-state index contributed by atoms with van der Waals surface area (Å²) < 4.78 is 8.29. The predicted octanol–water partition coefficient (Wildman–Crippen LogP) is 0.206. The molecule has 98 valence electrons. The summed E-state index contributed by atoms with van der Waals surface area (Å²) in [6.07, 6.45) is 2.22. The van der Waals surface area contributed by atoms with Gasteiger partial charge in [0.1, 0.15) is 0 Å². The zero-order valence-electron chi connectivity index (χ0n) is 9.67. The Kier molecular flexibility index (Phi) is 6.72. The lowest BCUT2D eigenvalue weighted by Gasteiger charge is -1.99. The maximum absolute atomic E-state index is 10.6. The summed E-state index contributed by atoms with van der Waals surface area (Å²) in [4.78, 5) is 40.5. The lowest BCUT2D eigenvalue weighted by atomic mass is 10.2. The number of carbonyl (C=O) groups is 4. The van der Waals surface area contributed by atoms with Crippen molar-refractivity contribution >= 4 is 23.9 Å². The van der Waals surface area contributed by atoms with E-state index in [0.29, 0.717) is 0 Å². The summed E-state index contributed by atoms with van der Waals surface area (Å²) in [5, 5.41) is 8.22. The van der Waals surface area contributed by atoms with Gasteiger partial charge in [0.25, 0.3) is 0 Å². The van der Waals surface area contributed by atoms with E-state index in [9.17, 15) is 19.2 Å². The van der Waals surface area contributed by atoms with Crippen molar-refractivity contribution in [3.63, 3.8) is 0 Å². The van der Waals surface area contributed by atoms with Crippen LogP contribution < -0.4 is 0 Å². The molecule has 0 spiro atoms. The highest BCUT2D eigenvalue weighted by atomic mass is 16.6. The van der Waals surface area contributed by atoms with Crippen molar-refractivity contribution in [1.29, 1.82) is 0 Å². The van der Waals surface area contributed by atoms with Crippen molar-refractivity contribution in [2.75, 3.05) is 7.11 Å². The maximum Gasteiger partial charge on any atom is 0.338 e. The Labute approximate surface area is 103 Å². The van der Waals surface area contributed by atoms with Crippen molar-refractivity contribution in [2.24, 2.45) is 0 Å². The minimum absolute atomic E-state index is 0.0894. The highest BCUT2D eigenvalue weighted by Crippen LogP contribution is 2.03. The average molecular weight is 256 g/mol. The SMILES string of the molecule is C=C(CCC(=O)O)C(=O)OC.O=C1C=CC(=O)O1. The van der Waals surface area contributed by atoms with Crippen molar-refractivity contribution in [2.45, 2.75) is 12.8 Å². The van der Waals surface area contributed by atoms with Crippen LogP contribution in [0.1, 0.15) is 12.8 Å². The van der Waals surface area contributed by atoms with Crippen LogP contribution in [0.15, 0.2) is 24.3 Å². The van der Waals surface area contributed by atoms with Gasteiger partial charge < -0.3 is 14.6 Å². The first-order valence-corrected chi connectivity index (χ1v) is 4.78. The molecule has 1 aliphatic rings. The van der Waals surface area contributed by atoms with Gasteiger partial charge in [-0.2, -0.15) is 0 Å². The van der Waals surface area contributed by atoms with Crippen LogP contribution in [0.3, 0.4) is 0 Å². The second kappa shape index (κ2) is 7.77. The Morgan fingerprint density at radius 1 is 1.28 bits per heavy atom. The number of carboxylic acid groups (broad SMARTS) is 1. The van der Waals surface area contributed by atoms with Crippen LogP contribution in [0.25, 0.3) is 0 Å². The number of methoxy groups -OCH3 is 1. The molecule has 18 heavy (non-hydrogen) atoms. The highest BCUT2D eigenvalue weighted by molar-refractivity contribution is 6.04. The number of cyclic esters (lactones) is 2. The zero-order chi connectivity index (χ0) is 14.1. The number of aliphatic carboxylic acids is 1. The first kappa shape index (κ1) is 15.6. The molecule has 0 atom stereocenters. The van der Waals surface area contributed by atoms with Crippen molar-refractivity contribution in [3.8, 4) is 0 Å². The topological polar surface area (TPSA) is 107 Å². The third kappa shape index (κ3) is 6.94. The van der Waals surface area contributed by atoms with E-state index in [1.165, 1.54) is 7.11 Å². The minimum Gasteiger partial charge on any atom is -0.481 e. The fourth-order valence-electron chi connectivity index (χ4n) is 0.807. The summed E-state index contributed by atoms with van der Waals surface area (Å²) >= 11 is 0. The molecule has 0 aromatic heterocycles. The quantitative estimate of drug-likeness (QED) is 0.435. The fourth-order valence-corrected chi connectivity index (χ4v) is 0.807. The third-order valence-electron chi connectivity index (χ3n) is 1.67. The lowest BCUT2D eigenvalue weighted by Crippen LogP contribution is -2.05. The van der Waals surface area contributed by atoms with Crippen LogP contribution in [-0.2, 0) is 28.7 Å². The third-order valence-corrected chi connectivity index (χ3v) is 1.67. The Hall–Kier alpha value is -2.44. The normalized spacial score (nSPS) is 12.3. The van der Waals surface area contributed by atoms with E-state index in [1.807, 2.05) is 0 Å². The van der Waals surface area contributed by atoms with Gasteiger partial charge in [-0.3, -0.25) is 4.79 Å². The van der Waals surface area contributed by atoms with Crippen LogP contribution in [-0.4, -0.2) is 36.1 Å². The van der Waals surface area contributed by atoms with Crippen molar-refractivity contribution in [1.82, 2.24) is 0 Å². The molecule has 0 radical (unpaired) electrons. The van der Waals surface area contributed by atoms with E-state index < -0.39 is 23.9 Å². The summed E-state index contributed by atoms with van der Waals surface area (Å²) in [5.74, 6) is -2.66. The second-order valence-electron chi connectivity index (χ2n) is 3.06. The molecule has 0 aliphatic carbocycles. The molecule has 0 bridgehead atoms. The van der Waals surface area contributed by atoms with E-state index in [2.05, 4.69) is 16.1 Å². The number of esters is 3. The summed E-state index contributed by atoms with van der Waals surface area (Å²) in [7, 11) is 1.23. The Morgan fingerprint density at radius 2 is 1.78 bits per heavy atom. The summed E-state index contributed by atoms with van der Waals surface area (Å²) in [6.45, 7) is 3.36. The second-order valence-corrected chi connectivity index (χ2v) is 3.06. The van der Waals surface area contributed by atoms with E-state index in [-0.39, 0.29) is 18.4 Å². The Balaban J connectivity index is 0.000000351. The molecule has 0 unspecified atom stereocenters. The van der Waals surface area contributed by atoms with Crippen LogP contribution in [0.4, 0.5) is 0 Å². The van der Waals surface area contributed by atoms with Crippen LogP contribution >= 0.6 is 0 Å². The molecule has 7 heteroatoms. The van der Waals surface area contributed by atoms with Gasteiger partial charge in [-0.25, -0.2) is 14.4 Å². The minimum atomic E-state index is -0.949. The number of hydrogen-bond acceptors (Lipinski definition) is 6. The zero-order valence-corrected chi connectivity index (χ0v) is 9.67. The van der Waals surface area contributed by atoms with Crippen molar-refractivity contribution < 1.29 is 33.8 Å². The van der Waals surface area contributed by atoms with Crippen LogP contribution in [0, 0.1) is 0 Å². The molecule has 1 rings (SSSR count). The molecule has 0 fully saturated rings. The predicted molar refractivity (Wildman–Crippen MR) is 58.3 cm³/mol. The number of carboxylic acids is 1. The summed E-state index contributed by atoms with van der Waals surface area (Å²) in [5.41, 5.74) is 0.190. The molecular weight excluding hydrogens is 244 g/mol. The molecule has 1 heterocycles. The van der Waals surface area contributed by atoms with Crippen LogP contribution in [0.5, 0.6) is 0 Å². The van der Waals surface area contributed by atoms with Crippen LogP contribution in [0.2, 0.25) is 0 Å². The highest BCUT2D eigenvalue weighted by Gasteiger charge is 2.10. The average Bonchev–Trinajstić information content (AvgIpc) is 2.69. The number of ether oxygens (including phenoxy) is 2. The van der Waals surface area contributed by atoms with Gasteiger partial charge in [-0.1, -0.05) is 6.58 Å². The van der Waals surface area contributed by atoms with Gasteiger partial charge in [0.15, 0.2) is 0 Å². The molecule has 7 nitrogen and oxygen atoms in total. The molecule has 0 saturated carbocycles. The Bertz CT molecular complexity index is 390. The fraction of sp³-hybridized carbons (Fsp3) is 0.273. The van der Waals surface area contributed by atoms with Gasteiger partial charge >= 0.3 is 23.9 Å². The van der Waals surface area contributed by atoms with Gasteiger partial charge in [-0.15, -0.1) is 0 Å². The first-order valence-electron chi connectivity index (χ1n) is 4.78. The standard InChI is InChI=1S/C7H10O4.C4H2O3/c1-5(7(10)11-2)3-4-6(8)9;5-3-1-2-4(6)7-3/h1,3-4H2,2H3,(H,8,9);1-2H. The summed E-state index contributed by atoms with van der Waals surface area (Å²) in [6, 6.07) is 0. The maximum atomic E-state index is 10.6. The van der Waals surface area contributed by atoms with E-state index >= 15 is 0 Å². The smallest absolute Gasteiger partial charge is 0.338 e. The molecular formula is C11H12O7. The van der Waals surface area contributed by atoms with Gasteiger partial charge in [0.05, 0.1) is 7.11 Å². The molecule has 0 saturated heterocycles. The van der Waals surface area contributed by atoms with E-state index in [1.54, 1.807) is 0 Å². The van der Waals surface area contributed by atoms with E-state index in [0.717, 1.165) is 12.2 Å². The largest absolute Gasteiger partial charge is 0.481 e. The molecule has 1 N–H and O–H groups in total. The number of hydrogen-bond donors (Lipinski definition) is 1. The van der Waals surface area contributed by atoms with E-state index in [4.69, 9.17) is 5.11 Å². The molecule has 0 aromatic rings. The number of rotatable bonds is 4. The lowest BCUT2D eigenvalue weighted by molar-refractivity contribution is -0.150. The van der Waals surface area contributed by atoms with Gasteiger partial charge in [-0.05, 0) is 6.42 Å². The Morgan fingerprint density at radius 3 is 2.06 bits per heavy atom. The molecule has 1 aliphatic heterocycles. The number of carbonyl (C=O) groups excluding carboxylic acids is 3. The van der Waals surface area contributed by atoms with Gasteiger partial charge in [0.2, 0.25) is 0 Å². The first-order chi connectivity index (χ1) is 8.36. The molecule has 0 amide bonds.